The Labute approximate surface area is 169 Å². The first-order valence-corrected chi connectivity index (χ1v) is 11.1. The number of allylic oxidation sites excluding steroid dienone is 2. The predicted molar refractivity (Wildman–Crippen MR) is 116 cm³/mol. The van der Waals surface area contributed by atoms with Gasteiger partial charge >= 0.3 is 0 Å². The molecule has 1 heteroatoms. The lowest BCUT2D eigenvalue weighted by Crippen LogP contribution is -2.40. The second-order valence-electron chi connectivity index (χ2n) is 9.39. The normalized spacial score (nSPS) is 32.5. The number of methoxy groups -OCH3 is 1. The molecule has 0 radical (unpaired) electrons. The van der Waals surface area contributed by atoms with Crippen LogP contribution in [0.25, 0.3) is 0 Å². The van der Waals surface area contributed by atoms with Gasteiger partial charge < -0.3 is 4.74 Å². The number of hydrogen-bond donors (Lipinski definition) is 0. The first kappa shape index (κ1) is 18.0. The highest BCUT2D eigenvalue weighted by Gasteiger charge is 2.52. The van der Waals surface area contributed by atoms with Crippen LogP contribution in [-0.4, -0.2) is 7.11 Å². The highest BCUT2D eigenvalue weighted by molar-refractivity contribution is 5.41. The molecular weight excluding hydrogens is 340 g/mol. The quantitative estimate of drug-likeness (QED) is 0.543. The molecule has 0 saturated heterocycles. The lowest BCUT2D eigenvalue weighted by molar-refractivity contribution is 0.0812. The summed E-state index contributed by atoms with van der Waals surface area (Å²) in [6.07, 6.45) is 11.7. The van der Waals surface area contributed by atoms with E-state index in [1.165, 1.54) is 44.1 Å². The van der Waals surface area contributed by atoms with Crippen molar-refractivity contribution >= 4 is 0 Å². The fourth-order valence-electron chi connectivity index (χ4n) is 6.72. The summed E-state index contributed by atoms with van der Waals surface area (Å²) in [4.78, 5) is 0. The van der Waals surface area contributed by atoms with Crippen LogP contribution in [-0.2, 0) is 12.8 Å². The molecule has 3 unspecified atom stereocenters. The van der Waals surface area contributed by atoms with Gasteiger partial charge in [-0.3, -0.25) is 0 Å². The van der Waals surface area contributed by atoms with Gasteiger partial charge in [0.25, 0.3) is 0 Å². The van der Waals surface area contributed by atoms with E-state index in [0.29, 0.717) is 5.41 Å². The van der Waals surface area contributed by atoms with Crippen LogP contribution in [0.5, 0.6) is 5.75 Å². The van der Waals surface area contributed by atoms with E-state index in [0.717, 1.165) is 29.9 Å². The highest BCUT2D eigenvalue weighted by Crippen LogP contribution is 2.62. The van der Waals surface area contributed by atoms with Gasteiger partial charge in [0.05, 0.1) is 7.11 Å². The van der Waals surface area contributed by atoms with E-state index in [9.17, 15) is 0 Å². The fraction of sp³-hybridized carbons (Fsp3) is 0.481. The lowest BCUT2D eigenvalue weighted by Gasteiger charge is -2.49. The second-order valence-corrected chi connectivity index (χ2v) is 9.39. The van der Waals surface area contributed by atoms with Crippen molar-refractivity contribution in [1.82, 2.24) is 0 Å². The third-order valence-corrected chi connectivity index (χ3v) is 8.21. The van der Waals surface area contributed by atoms with Crippen molar-refractivity contribution in [1.29, 1.82) is 0 Å². The average Bonchev–Trinajstić information content (AvgIpc) is 3.08. The molecule has 0 heterocycles. The Morgan fingerprint density at radius 2 is 1.89 bits per heavy atom. The Morgan fingerprint density at radius 3 is 2.71 bits per heavy atom. The third-order valence-electron chi connectivity index (χ3n) is 8.21. The topological polar surface area (TPSA) is 9.23 Å². The minimum Gasteiger partial charge on any atom is -0.497 e. The van der Waals surface area contributed by atoms with Crippen LogP contribution >= 0.6 is 0 Å². The van der Waals surface area contributed by atoms with Gasteiger partial charge in [0, 0.05) is 0 Å². The van der Waals surface area contributed by atoms with Gasteiger partial charge in [0.15, 0.2) is 0 Å². The Balaban J connectivity index is 1.39. The maximum Gasteiger partial charge on any atom is 0.119 e. The summed E-state index contributed by atoms with van der Waals surface area (Å²) in [5.41, 5.74) is 6.79. The smallest absolute Gasteiger partial charge is 0.119 e. The highest BCUT2D eigenvalue weighted by atomic mass is 16.5. The first-order valence-electron chi connectivity index (χ1n) is 11.1. The Bertz CT molecular complexity index is 880. The summed E-state index contributed by atoms with van der Waals surface area (Å²) < 4.78 is 5.47. The SMILES string of the molecule is COc1ccc2c(c1)CCC1C2CC[C@]2(C)/C(=C/Cc3ccccc3)CCC12. The molecule has 3 aliphatic carbocycles. The lowest BCUT2D eigenvalue weighted by atomic mass is 9.55. The zero-order valence-electron chi connectivity index (χ0n) is 17.3. The third kappa shape index (κ3) is 2.91. The molecule has 2 fully saturated rings. The number of hydrogen-bond acceptors (Lipinski definition) is 1. The maximum atomic E-state index is 5.47. The van der Waals surface area contributed by atoms with Gasteiger partial charge in [-0.15, -0.1) is 0 Å². The Morgan fingerprint density at radius 1 is 1.04 bits per heavy atom. The zero-order chi connectivity index (χ0) is 19.1. The van der Waals surface area contributed by atoms with Crippen molar-refractivity contribution in [3.63, 3.8) is 0 Å². The van der Waals surface area contributed by atoms with Crippen molar-refractivity contribution in [3.05, 3.63) is 76.9 Å². The van der Waals surface area contributed by atoms with Crippen molar-refractivity contribution in [2.24, 2.45) is 17.3 Å². The van der Waals surface area contributed by atoms with Gasteiger partial charge in [0.2, 0.25) is 0 Å². The summed E-state index contributed by atoms with van der Waals surface area (Å²) >= 11 is 0. The molecule has 28 heavy (non-hydrogen) atoms. The molecule has 2 aromatic rings. The summed E-state index contributed by atoms with van der Waals surface area (Å²) in [6, 6.07) is 17.8. The van der Waals surface area contributed by atoms with Gasteiger partial charge in [-0.1, -0.05) is 55.0 Å². The van der Waals surface area contributed by atoms with Crippen LogP contribution < -0.4 is 4.74 Å². The zero-order valence-corrected chi connectivity index (χ0v) is 17.3. The number of fused-ring (bicyclic) bond motifs is 5. The van der Waals surface area contributed by atoms with E-state index >= 15 is 0 Å². The number of benzene rings is 2. The van der Waals surface area contributed by atoms with E-state index in [4.69, 9.17) is 4.74 Å². The van der Waals surface area contributed by atoms with Crippen molar-refractivity contribution < 1.29 is 4.74 Å². The molecule has 0 aromatic heterocycles. The molecule has 0 amide bonds. The molecule has 2 aromatic carbocycles. The molecule has 4 atom stereocenters. The molecule has 0 bridgehead atoms. The van der Waals surface area contributed by atoms with E-state index in [1.54, 1.807) is 23.8 Å². The van der Waals surface area contributed by atoms with E-state index < -0.39 is 0 Å². The monoisotopic (exact) mass is 372 g/mol. The Kier molecular flexibility index (Phi) is 4.57. The van der Waals surface area contributed by atoms with Crippen molar-refractivity contribution in [2.75, 3.05) is 7.11 Å². The van der Waals surface area contributed by atoms with Gasteiger partial charge in [-0.05, 0) is 96.9 Å². The van der Waals surface area contributed by atoms with Crippen molar-refractivity contribution in [3.8, 4) is 5.75 Å². The fourth-order valence-corrected chi connectivity index (χ4v) is 6.72. The van der Waals surface area contributed by atoms with Crippen LogP contribution in [0.2, 0.25) is 0 Å². The summed E-state index contributed by atoms with van der Waals surface area (Å²) in [7, 11) is 1.78. The Hall–Kier alpha value is -2.02. The number of aryl methyl sites for hydroxylation is 1. The second kappa shape index (κ2) is 7.10. The van der Waals surface area contributed by atoms with Crippen LogP contribution in [0, 0.1) is 17.3 Å². The molecule has 2 saturated carbocycles. The van der Waals surface area contributed by atoms with Gasteiger partial charge in [-0.2, -0.15) is 0 Å². The average molecular weight is 373 g/mol. The largest absolute Gasteiger partial charge is 0.497 e. The minimum atomic E-state index is 0.430. The van der Waals surface area contributed by atoms with Crippen molar-refractivity contribution in [2.45, 2.75) is 57.8 Å². The van der Waals surface area contributed by atoms with E-state index in [-0.39, 0.29) is 0 Å². The molecule has 5 rings (SSSR count). The summed E-state index contributed by atoms with van der Waals surface area (Å²) in [5.74, 6) is 3.51. The van der Waals surface area contributed by atoms with E-state index in [1.807, 2.05) is 0 Å². The minimum absolute atomic E-state index is 0.430. The maximum absolute atomic E-state index is 5.47. The molecule has 146 valence electrons. The standard InChI is InChI=1S/C27H32O/c1-27-17-16-24-23-14-12-22(28-2)18-20(23)9-13-25(24)26(27)15-11-21(27)10-8-19-6-4-3-5-7-19/h3-7,10,12,14,18,24-26H,8-9,11,13,15-17H2,1-2H3/b21-10+/t24?,25?,26?,27-/m1/s1. The molecule has 0 spiro atoms. The predicted octanol–water partition coefficient (Wildman–Crippen LogP) is 6.72. The molecule has 0 N–H and O–H groups in total. The molecule has 3 aliphatic rings. The molecule has 1 nitrogen and oxygen atoms in total. The van der Waals surface area contributed by atoms with Crippen LogP contribution in [0.4, 0.5) is 0 Å². The first-order chi connectivity index (χ1) is 13.7. The number of ether oxygens (including phenoxy) is 1. The van der Waals surface area contributed by atoms with Crippen LogP contribution in [0.15, 0.2) is 60.2 Å². The molecular formula is C27H32O. The number of rotatable bonds is 3. The van der Waals surface area contributed by atoms with E-state index in [2.05, 4.69) is 61.5 Å². The van der Waals surface area contributed by atoms with Gasteiger partial charge in [-0.25, -0.2) is 0 Å². The summed E-state index contributed by atoms with van der Waals surface area (Å²) in [6.45, 7) is 2.58. The summed E-state index contributed by atoms with van der Waals surface area (Å²) in [5, 5.41) is 0. The van der Waals surface area contributed by atoms with Crippen LogP contribution in [0.3, 0.4) is 0 Å². The van der Waals surface area contributed by atoms with Gasteiger partial charge in [0.1, 0.15) is 5.75 Å². The molecule has 0 aliphatic heterocycles. The van der Waals surface area contributed by atoms with Crippen LogP contribution in [0.1, 0.15) is 61.6 Å².